The minimum Gasteiger partial charge on any atom is -0.443 e. The highest BCUT2D eigenvalue weighted by molar-refractivity contribution is 9.10. The molecule has 1 rings (SSSR count). The molecule has 0 aliphatic rings. The van der Waals surface area contributed by atoms with E-state index in [4.69, 9.17) is 14.3 Å². The van der Waals surface area contributed by atoms with Gasteiger partial charge in [-0.25, -0.2) is 13.6 Å². The van der Waals surface area contributed by atoms with E-state index in [1.165, 1.54) is 0 Å². The number of nitrogens with two attached hydrogens (primary N) is 1. The predicted octanol–water partition coefficient (Wildman–Crippen LogP) is 0.844. The first-order valence-corrected chi connectivity index (χ1v) is 7.71. The van der Waals surface area contributed by atoms with Gasteiger partial charge in [-0.3, -0.25) is 4.79 Å². The summed E-state index contributed by atoms with van der Waals surface area (Å²) < 4.78 is 32.2. The third kappa shape index (κ3) is 4.60. The number of carbonyl (C=O) groups is 1. The summed E-state index contributed by atoms with van der Waals surface area (Å²) in [6, 6.07) is 0.951. The molecule has 1 unspecified atom stereocenters. The standard InChI is InChI=1S/C10H15BrN2O5S/c1-6(3-4-17-2)13-10(14)7-5-8(9(11)18-7)19(12,15)16/h5-6H,3-4H2,1-2H3,(H,13,14)(H2,12,15,16). The second-order valence-electron chi connectivity index (χ2n) is 3.95. The molecule has 1 atom stereocenters. The lowest BCUT2D eigenvalue weighted by Crippen LogP contribution is -2.33. The number of primary sulfonamides is 1. The van der Waals surface area contributed by atoms with Crippen LogP contribution in [0.5, 0.6) is 0 Å². The van der Waals surface area contributed by atoms with Gasteiger partial charge in [0, 0.05) is 25.8 Å². The summed E-state index contributed by atoms with van der Waals surface area (Å²) in [5, 5.41) is 7.63. The van der Waals surface area contributed by atoms with E-state index in [9.17, 15) is 13.2 Å². The van der Waals surface area contributed by atoms with Crippen molar-refractivity contribution in [2.75, 3.05) is 13.7 Å². The van der Waals surface area contributed by atoms with Crippen molar-refractivity contribution in [3.05, 3.63) is 16.5 Å². The molecule has 1 aromatic rings. The van der Waals surface area contributed by atoms with Crippen LogP contribution in [0.4, 0.5) is 0 Å². The Morgan fingerprint density at radius 1 is 1.63 bits per heavy atom. The van der Waals surface area contributed by atoms with E-state index in [0.29, 0.717) is 13.0 Å². The Kier molecular flexibility index (Phi) is 5.53. The van der Waals surface area contributed by atoms with Crippen LogP contribution in [0.2, 0.25) is 0 Å². The molecule has 19 heavy (non-hydrogen) atoms. The largest absolute Gasteiger partial charge is 0.443 e. The van der Waals surface area contributed by atoms with Crippen molar-refractivity contribution < 1.29 is 22.4 Å². The van der Waals surface area contributed by atoms with Crippen molar-refractivity contribution in [3.8, 4) is 0 Å². The first-order valence-electron chi connectivity index (χ1n) is 5.37. The van der Waals surface area contributed by atoms with Gasteiger partial charge in [0.1, 0.15) is 4.90 Å². The zero-order valence-corrected chi connectivity index (χ0v) is 12.9. The van der Waals surface area contributed by atoms with Gasteiger partial charge in [0.25, 0.3) is 5.91 Å². The van der Waals surface area contributed by atoms with Crippen LogP contribution in [-0.2, 0) is 14.8 Å². The molecular formula is C10H15BrN2O5S. The number of carbonyl (C=O) groups excluding carboxylic acids is 1. The van der Waals surface area contributed by atoms with Crippen LogP contribution in [-0.4, -0.2) is 34.1 Å². The lowest BCUT2D eigenvalue weighted by atomic mass is 10.2. The van der Waals surface area contributed by atoms with Gasteiger partial charge in [-0.2, -0.15) is 0 Å². The maximum atomic E-state index is 11.8. The van der Waals surface area contributed by atoms with Crippen LogP contribution in [0.3, 0.4) is 0 Å². The molecule has 0 saturated heterocycles. The Labute approximate surface area is 119 Å². The Morgan fingerprint density at radius 2 is 2.26 bits per heavy atom. The summed E-state index contributed by atoms with van der Waals surface area (Å²) in [6.07, 6.45) is 0.631. The summed E-state index contributed by atoms with van der Waals surface area (Å²) in [5.41, 5.74) is 0. The number of ether oxygens (including phenoxy) is 1. The maximum Gasteiger partial charge on any atom is 0.287 e. The fourth-order valence-corrected chi connectivity index (χ4v) is 2.82. The van der Waals surface area contributed by atoms with Crippen LogP contribution in [0.25, 0.3) is 0 Å². The van der Waals surface area contributed by atoms with Gasteiger partial charge in [-0.1, -0.05) is 0 Å². The van der Waals surface area contributed by atoms with Crippen molar-refractivity contribution in [1.82, 2.24) is 5.32 Å². The highest BCUT2D eigenvalue weighted by atomic mass is 79.9. The number of halogens is 1. The lowest BCUT2D eigenvalue weighted by molar-refractivity contribution is 0.0900. The van der Waals surface area contributed by atoms with E-state index < -0.39 is 15.9 Å². The molecule has 1 amide bonds. The zero-order chi connectivity index (χ0) is 14.6. The van der Waals surface area contributed by atoms with Crippen molar-refractivity contribution in [1.29, 1.82) is 0 Å². The van der Waals surface area contributed by atoms with Gasteiger partial charge >= 0.3 is 0 Å². The minimum atomic E-state index is -3.93. The molecule has 0 aromatic carbocycles. The Morgan fingerprint density at radius 3 is 2.74 bits per heavy atom. The molecule has 3 N–H and O–H groups in total. The summed E-state index contributed by atoms with van der Waals surface area (Å²) in [7, 11) is -2.36. The molecule has 1 aromatic heterocycles. The average Bonchev–Trinajstić information content (AvgIpc) is 2.68. The van der Waals surface area contributed by atoms with Gasteiger partial charge in [0.05, 0.1) is 0 Å². The molecule has 0 aliphatic heterocycles. The molecular weight excluding hydrogens is 340 g/mol. The van der Waals surface area contributed by atoms with Gasteiger partial charge in [0.2, 0.25) is 10.0 Å². The monoisotopic (exact) mass is 354 g/mol. The smallest absolute Gasteiger partial charge is 0.287 e. The summed E-state index contributed by atoms with van der Waals surface area (Å²) >= 11 is 2.90. The number of methoxy groups -OCH3 is 1. The predicted molar refractivity (Wildman–Crippen MR) is 71.2 cm³/mol. The zero-order valence-electron chi connectivity index (χ0n) is 10.5. The van der Waals surface area contributed by atoms with Crippen molar-refractivity contribution in [2.45, 2.75) is 24.3 Å². The van der Waals surface area contributed by atoms with E-state index >= 15 is 0 Å². The van der Waals surface area contributed by atoms with E-state index in [-0.39, 0.29) is 21.4 Å². The van der Waals surface area contributed by atoms with Crippen LogP contribution >= 0.6 is 15.9 Å². The maximum absolute atomic E-state index is 11.8. The molecule has 7 nitrogen and oxygen atoms in total. The Balaban J connectivity index is 2.79. The van der Waals surface area contributed by atoms with Gasteiger partial charge < -0.3 is 14.5 Å². The molecule has 108 valence electrons. The minimum absolute atomic E-state index is 0.0929. The molecule has 0 saturated carbocycles. The number of hydrogen-bond acceptors (Lipinski definition) is 5. The van der Waals surface area contributed by atoms with Gasteiger partial charge in [0.15, 0.2) is 10.4 Å². The van der Waals surface area contributed by atoms with E-state index in [1.54, 1.807) is 14.0 Å². The molecule has 0 radical (unpaired) electrons. The van der Waals surface area contributed by atoms with Crippen molar-refractivity contribution in [2.24, 2.45) is 5.14 Å². The highest BCUT2D eigenvalue weighted by Gasteiger charge is 2.22. The fraction of sp³-hybridized carbons (Fsp3) is 0.500. The van der Waals surface area contributed by atoms with Crippen LogP contribution < -0.4 is 10.5 Å². The van der Waals surface area contributed by atoms with Crippen LogP contribution in [0, 0.1) is 0 Å². The first-order chi connectivity index (χ1) is 8.75. The Bertz CT molecular complexity index is 554. The van der Waals surface area contributed by atoms with Crippen LogP contribution in [0.1, 0.15) is 23.9 Å². The summed E-state index contributed by atoms with van der Waals surface area (Å²) in [5.74, 6) is -0.639. The fourth-order valence-electron chi connectivity index (χ4n) is 1.32. The SMILES string of the molecule is COCCC(C)NC(=O)c1cc(S(N)(=O)=O)c(Br)o1. The average molecular weight is 355 g/mol. The topological polar surface area (TPSA) is 112 Å². The number of sulfonamides is 1. The number of rotatable bonds is 6. The highest BCUT2D eigenvalue weighted by Crippen LogP contribution is 2.25. The number of hydrogen-bond donors (Lipinski definition) is 2. The van der Waals surface area contributed by atoms with E-state index in [0.717, 1.165) is 6.07 Å². The summed E-state index contributed by atoms with van der Waals surface area (Å²) in [4.78, 5) is 11.5. The van der Waals surface area contributed by atoms with Crippen LogP contribution in [0.15, 0.2) is 20.0 Å². The van der Waals surface area contributed by atoms with E-state index in [1.807, 2.05) is 0 Å². The molecule has 0 bridgehead atoms. The third-order valence-electron chi connectivity index (χ3n) is 2.32. The molecule has 1 heterocycles. The summed E-state index contributed by atoms with van der Waals surface area (Å²) in [6.45, 7) is 2.31. The van der Waals surface area contributed by atoms with Crippen molar-refractivity contribution in [3.63, 3.8) is 0 Å². The molecule has 0 fully saturated rings. The molecule has 0 aliphatic carbocycles. The van der Waals surface area contributed by atoms with Gasteiger partial charge in [-0.05, 0) is 29.3 Å². The Hall–Kier alpha value is -0.900. The number of nitrogens with one attached hydrogen (secondary N) is 1. The second-order valence-corrected chi connectivity index (χ2v) is 6.20. The van der Waals surface area contributed by atoms with Gasteiger partial charge in [-0.15, -0.1) is 0 Å². The quantitative estimate of drug-likeness (QED) is 0.786. The normalized spacial score (nSPS) is 13.3. The number of furan rings is 1. The second kappa shape index (κ2) is 6.51. The van der Waals surface area contributed by atoms with Crippen molar-refractivity contribution >= 4 is 31.9 Å². The third-order valence-corrected chi connectivity index (χ3v) is 4.09. The number of amides is 1. The first kappa shape index (κ1) is 16.2. The van der Waals surface area contributed by atoms with E-state index in [2.05, 4.69) is 21.2 Å². The molecule has 0 spiro atoms. The molecule has 9 heteroatoms. The lowest BCUT2D eigenvalue weighted by Gasteiger charge is -2.11.